The van der Waals surface area contributed by atoms with E-state index in [0.29, 0.717) is 5.69 Å². The highest BCUT2D eigenvalue weighted by atomic mass is 19.1. The SMILES string of the molecule is CC(C)(C)OC(=O)Nc1cccc(C(=O)OCC(=O)Nc2cccc(F)c2)c1. The van der Waals surface area contributed by atoms with Crippen LogP contribution < -0.4 is 10.6 Å². The molecule has 0 saturated heterocycles. The Bertz CT molecular complexity index is 877. The molecule has 2 rings (SSSR count). The molecule has 0 heterocycles. The Morgan fingerprint density at radius 1 is 0.964 bits per heavy atom. The minimum absolute atomic E-state index is 0.145. The molecule has 0 spiro atoms. The monoisotopic (exact) mass is 388 g/mol. The van der Waals surface area contributed by atoms with E-state index in [-0.39, 0.29) is 11.3 Å². The fourth-order valence-electron chi connectivity index (χ4n) is 2.12. The second-order valence-corrected chi connectivity index (χ2v) is 6.84. The molecule has 0 saturated carbocycles. The van der Waals surface area contributed by atoms with Crippen molar-refractivity contribution >= 4 is 29.3 Å². The number of rotatable bonds is 5. The van der Waals surface area contributed by atoms with Gasteiger partial charge in [-0.25, -0.2) is 14.0 Å². The van der Waals surface area contributed by atoms with E-state index in [1.54, 1.807) is 32.9 Å². The Labute approximate surface area is 161 Å². The summed E-state index contributed by atoms with van der Waals surface area (Å²) in [5, 5.41) is 4.93. The zero-order chi connectivity index (χ0) is 20.7. The molecule has 0 aromatic heterocycles. The first-order valence-corrected chi connectivity index (χ1v) is 8.45. The number of benzene rings is 2. The third-order valence-corrected chi connectivity index (χ3v) is 3.19. The number of nitrogens with one attached hydrogen (secondary N) is 2. The maximum Gasteiger partial charge on any atom is 0.412 e. The lowest BCUT2D eigenvalue weighted by atomic mass is 10.2. The van der Waals surface area contributed by atoms with Gasteiger partial charge in [-0.05, 0) is 57.2 Å². The van der Waals surface area contributed by atoms with Crippen molar-refractivity contribution in [2.45, 2.75) is 26.4 Å². The van der Waals surface area contributed by atoms with Crippen molar-refractivity contribution in [2.24, 2.45) is 0 Å². The van der Waals surface area contributed by atoms with Gasteiger partial charge < -0.3 is 14.8 Å². The van der Waals surface area contributed by atoms with Crippen LogP contribution >= 0.6 is 0 Å². The van der Waals surface area contributed by atoms with Gasteiger partial charge in [0, 0.05) is 11.4 Å². The van der Waals surface area contributed by atoms with E-state index in [4.69, 9.17) is 9.47 Å². The van der Waals surface area contributed by atoms with Crippen molar-refractivity contribution in [1.82, 2.24) is 0 Å². The Morgan fingerprint density at radius 3 is 2.25 bits per heavy atom. The van der Waals surface area contributed by atoms with E-state index in [0.717, 1.165) is 6.07 Å². The highest BCUT2D eigenvalue weighted by Gasteiger charge is 2.17. The van der Waals surface area contributed by atoms with Gasteiger partial charge in [-0.2, -0.15) is 0 Å². The van der Waals surface area contributed by atoms with Crippen LogP contribution in [0, 0.1) is 5.82 Å². The van der Waals surface area contributed by atoms with Crippen molar-refractivity contribution in [3.63, 3.8) is 0 Å². The van der Waals surface area contributed by atoms with Gasteiger partial charge in [-0.3, -0.25) is 10.1 Å². The Morgan fingerprint density at radius 2 is 1.61 bits per heavy atom. The Hall–Kier alpha value is -3.42. The molecule has 2 aromatic rings. The van der Waals surface area contributed by atoms with Crippen LogP contribution in [-0.4, -0.2) is 30.2 Å². The van der Waals surface area contributed by atoms with E-state index < -0.39 is 36.0 Å². The molecule has 0 aliphatic rings. The summed E-state index contributed by atoms with van der Waals surface area (Å²) in [5.41, 5.74) is 0.0833. The Balaban J connectivity index is 1.90. The van der Waals surface area contributed by atoms with Gasteiger partial charge in [0.15, 0.2) is 6.61 Å². The second-order valence-electron chi connectivity index (χ2n) is 6.84. The summed E-state index contributed by atoms with van der Waals surface area (Å²) in [6, 6.07) is 11.4. The van der Waals surface area contributed by atoms with Crippen molar-refractivity contribution in [3.8, 4) is 0 Å². The van der Waals surface area contributed by atoms with Gasteiger partial charge in [-0.15, -0.1) is 0 Å². The predicted molar refractivity (Wildman–Crippen MR) is 102 cm³/mol. The van der Waals surface area contributed by atoms with Crippen LogP contribution in [0.1, 0.15) is 31.1 Å². The van der Waals surface area contributed by atoms with Crippen molar-refractivity contribution < 1.29 is 28.2 Å². The van der Waals surface area contributed by atoms with Crippen LogP contribution in [0.5, 0.6) is 0 Å². The quantitative estimate of drug-likeness (QED) is 0.756. The third-order valence-electron chi connectivity index (χ3n) is 3.19. The smallest absolute Gasteiger partial charge is 0.412 e. The minimum atomic E-state index is -0.748. The molecular formula is C20H21FN2O5. The maximum absolute atomic E-state index is 13.1. The maximum atomic E-state index is 13.1. The van der Waals surface area contributed by atoms with Crippen LogP contribution in [0.2, 0.25) is 0 Å². The van der Waals surface area contributed by atoms with Crippen molar-refractivity contribution in [3.05, 3.63) is 59.9 Å². The van der Waals surface area contributed by atoms with E-state index in [1.165, 1.54) is 30.3 Å². The number of esters is 1. The molecule has 2 aromatic carbocycles. The topological polar surface area (TPSA) is 93.7 Å². The molecule has 8 heteroatoms. The lowest BCUT2D eigenvalue weighted by Gasteiger charge is -2.19. The van der Waals surface area contributed by atoms with Gasteiger partial charge in [0.25, 0.3) is 5.91 Å². The lowest BCUT2D eigenvalue weighted by molar-refractivity contribution is -0.119. The van der Waals surface area contributed by atoms with E-state index in [1.807, 2.05) is 0 Å². The number of amides is 2. The summed E-state index contributed by atoms with van der Waals surface area (Å²) in [6.45, 7) is 4.65. The summed E-state index contributed by atoms with van der Waals surface area (Å²) in [6.07, 6.45) is -0.660. The molecule has 7 nitrogen and oxygen atoms in total. The number of hydrogen-bond donors (Lipinski definition) is 2. The molecule has 0 aliphatic heterocycles. The summed E-state index contributed by atoms with van der Waals surface area (Å²) in [5.74, 6) is -1.85. The molecule has 0 fully saturated rings. The average Bonchev–Trinajstić information content (AvgIpc) is 2.58. The molecule has 2 N–H and O–H groups in total. The first-order chi connectivity index (χ1) is 13.1. The van der Waals surface area contributed by atoms with Crippen molar-refractivity contribution in [2.75, 3.05) is 17.2 Å². The number of halogens is 1. The fraction of sp³-hybridized carbons (Fsp3) is 0.250. The van der Waals surface area contributed by atoms with Gasteiger partial charge >= 0.3 is 12.1 Å². The summed E-state index contributed by atoms with van der Waals surface area (Å²) < 4.78 is 23.2. The van der Waals surface area contributed by atoms with Crippen LogP contribution in [0.15, 0.2) is 48.5 Å². The third kappa shape index (κ3) is 7.06. The highest BCUT2D eigenvalue weighted by molar-refractivity contribution is 5.96. The minimum Gasteiger partial charge on any atom is -0.452 e. The molecule has 0 unspecified atom stereocenters. The standard InChI is InChI=1S/C20H21FN2O5/c1-20(2,3)28-19(26)23-15-8-4-6-13(10-15)18(25)27-12-17(24)22-16-9-5-7-14(21)11-16/h4-11H,12H2,1-3H3,(H,22,24)(H,23,26). The lowest BCUT2D eigenvalue weighted by Crippen LogP contribution is -2.27. The van der Waals surface area contributed by atoms with E-state index in [9.17, 15) is 18.8 Å². The molecule has 0 atom stereocenters. The first kappa shape index (κ1) is 20.9. The molecule has 0 radical (unpaired) electrons. The number of anilines is 2. The average molecular weight is 388 g/mol. The normalized spacial score (nSPS) is 10.7. The molecule has 28 heavy (non-hydrogen) atoms. The second kappa shape index (κ2) is 8.98. The molecule has 0 aliphatic carbocycles. The number of hydrogen-bond acceptors (Lipinski definition) is 5. The van der Waals surface area contributed by atoms with Gasteiger partial charge in [0.05, 0.1) is 5.56 Å². The fourth-order valence-corrected chi connectivity index (χ4v) is 2.12. The molecule has 148 valence electrons. The summed E-state index contributed by atoms with van der Waals surface area (Å²) in [4.78, 5) is 35.7. The number of carbonyl (C=O) groups excluding carboxylic acids is 3. The largest absolute Gasteiger partial charge is 0.452 e. The van der Waals surface area contributed by atoms with Crippen molar-refractivity contribution in [1.29, 1.82) is 0 Å². The number of carbonyl (C=O) groups is 3. The molecular weight excluding hydrogens is 367 g/mol. The van der Waals surface area contributed by atoms with Crippen LogP contribution in [-0.2, 0) is 14.3 Å². The zero-order valence-corrected chi connectivity index (χ0v) is 15.7. The van der Waals surface area contributed by atoms with E-state index in [2.05, 4.69) is 10.6 Å². The van der Waals surface area contributed by atoms with Crippen LogP contribution in [0.4, 0.5) is 20.6 Å². The first-order valence-electron chi connectivity index (χ1n) is 8.45. The molecule has 2 amide bonds. The van der Waals surface area contributed by atoms with Gasteiger partial charge in [0.2, 0.25) is 0 Å². The summed E-state index contributed by atoms with van der Waals surface area (Å²) in [7, 11) is 0. The summed E-state index contributed by atoms with van der Waals surface area (Å²) >= 11 is 0. The van der Waals surface area contributed by atoms with Gasteiger partial charge in [-0.1, -0.05) is 12.1 Å². The van der Waals surface area contributed by atoms with Crippen LogP contribution in [0.25, 0.3) is 0 Å². The van der Waals surface area contributed by atoms with Gasteiger partial charge in [0.1, 0.15) is 11.4 Å². The number of ether oxygens (including phenoxy) is 2. The predicted octanol–water partition coefficient (Wildman–Crippen LogP) is 3.97. The van der Waals surface area contributed by atoms with Crippen LogP contribution in [0.3, 0.4) is 0 Å². The zero-order valence-electron chi connectivity index (χ0n) is 15.7. The highest BCUT2D eigenvalue weighted by Crippen LogP contribution is 2.15. The molecule has 0 bridgehead atoms. The van der Waals surface area contributed by atoms with E-state index >= 15 is 0 Å². The Kier molecular flexibility index (Phi) is 6.70.